The summed E-state index contributed by atoms with van der Waals surface area (Å²) in [4.78, 5) is 0. The third-order valence-corrected chi connectivity index (χ3v) is 2.32. The first-order chi connectivity index (χ1) is 7.61. The lowest BCUT2D eigenvalue weighted by Crippen LogP contribution is -1.96. The van der Waals surface area contributed by atoms with Gasteiger partial charge in [0.05, 0.1) is 11.3 Å². The highest BCUT2D eigenvalue weighted by Crippen LogP contribution is 2.29. The number of H-pyrrole nitrogens is 1. The van der Waals surface area contributed by atoms with Crippen molar-refractivity contribution in [3.8, 4) is 11.3 Å². The fourth-order valence-electron chi connectivity index (χ4n) is 1.55. The standard InChI is InChI=1S/C11H11F2N3/c1-6(2)10-11(15-16-14-10)9-7(12)4-3-5-8(9)13/h3-6H,1-2H3,(H,14,15,16). The highest BCUT2D eigenvalue weighted by atomic mass is 19.1. The van der Waals surface area contributed by atoms with Crippen LogP contribution in [0.2, 0.25) is 0 Å². The molecule has 0 aliphatic carbocycles. The molecule has 0 bridgehead atoms. The summed E-state index contributed by atoms with van der Waals surface area (Å²) in [5, 5.41) is 10.1. The maximum Gasteiger partial charge on any atom is 0.135 e. The van der Waals surface area contributed by atoms with Crippen LogP contribution < -0.4 is 0 Å². The Hall–Kier alpha value is -1.78. The Labute approximate surface area is 91.5 Å². The van der Waals surface area contributed by atoms with Crippen molar-refractivity contribution >= 4 is 0 Å². The summed E-state index contributed by atoms with van der Waals surface area (Å²) in [6, 6.07) is 3.73. The van der Waals surface area contributed by atoms with Gasteiger partial charge in [0, 0.05) is 0 Å². The summed E-state index contributed by atoms with van der Waals surface area (Å²) in [6.45, 7) is 3.78. The van der Waals surface area contributed by atoms with Crippen molar-refractivity contribution in [2.75, 3.05) is 0 Å². The Morgan fingerprint density at radius 1 is 1.12 bits per heavy atom. The molecular formula is C11H11F2N3. The van der Waals surface area contributed by atoms with Crippen LogP contribution in [0.4, 0.5) is 8.78 Å². The summed E-state index contributed by atoms with van der Waals surface area (Å²) in [6.07, 6.45) is 0. The molecule has 16 heavy (non-hydrogen) atoms. The third-order valence-electron chi connectivity index (χ3n) is 2.32. The number of nitrogens with zero attached hydrogens (tertiary/aromatic N) is 2. The molecule has 2 aromatic rings. The van der Waals surface area contributed by atoms with Gasteiger partial charge in [0.15, 0.2) is 0 Å². The van der Waals surface area contributed by atoms with Gasteiger partial charge in [-0.05, 0) is 18.1 Å². The van der Waals surface area contributed by atoms with E-state index in [1.165, 1.54) is 18.2 Å². The van der Waals surface area contributed by atoms with Gasteiger partial charge in [-0.25, -0.2) is 8.78 Å². The fourth-order valence-corrected chi connectivity index (χ4v) is 1.55. The zero-order valence-electron chi connectivity index (χ0n) is 8.96. The summed E-state index contributed by atoms with van der Waals surface area (Å²) < 4.78 is 27.1. The number of hydrogen-bond acceptors (Lipinski definition) is 2. The molecule has 0 radical (unpaired) electrons. The van der Waals surface area contributed by atoms with Gasteiger partial charge < -0.3 is 0 Å². The highest BCUT2D eigenvalue weighted by Gasteiger charge is 2.19. The molecule has 0 saturated carbocycles. The number of aromatic amines is 1. The van der Waals surface area contributed by atoms with E-state index in [1.807, 2.05) is 13.8 Å². The molecule has 84 valence electrons. The second-order valence-electron chi connectivity index (χ2n) is 3.81. The Balaban J connectivity index is 2.63. The minimum atomic E-state index is -0.629. The van der Waals surface area contributed by atoms with E-state index in [2.05, 4.69) is 15.4 Å². The fraction of sp³-hybridized carbons (Fsp3) is 0.273. The second-order valence-corrected chi connectivity index (χ2v) is 3.81. The summed E-state index contributed by atoms with van der Waals surface area (Å²) in [5.41, 5.74) is 0.676. The lowest BCUT2D eigenvalue weighted by molar-refractivity contribution is 0.588. The van der Waals surface area contributed by atoms with Crippen molar-refractivity contribution in [1.29, 1.82) is 0 Å². The molecule has 2 rings (SSSR count). The Morgan fingerprint density at radius 3 is 2.31 bits per heavy atom. The van der Waals surface area contributed by atoms with Crippen LogP contribution in [-0.4, -0.2) is 15.4 Å². The van der Waals surface area contributed by atoms with Gasteiger partial charge in [0.2, 0.25) is 0 Å². The van der Waals surface area contributed by atoms with Gasteiger partial charge in [0.25, 0.3) is 0 Å². The van der Waals surface area contributed by atoms with E-state index in [0.29, 0.717) is 5.69 Å². The van der Waals surface area contributed by atoms with E-state index in [0.717, 1.165) is 0 Å². The first-order valence-electron chi connectivity index (χ1n) is 4.96. The van der Waals surface area contributed by atoms with Crippen molar-refractivity contribution in [2.45, 2.75) is 19.8 Å². The number of halogens is 2. The minimum absolute atomic E-state index is 0.0488. The second kappa shape index (κ2) is 4.00. The smallest absolute Gasteiger partial charge is 0.135 e. The number of hydrogen-bond donors (Lipinski definition) is 1. The van der Waals surface area contributed by atoms with Crippen LogP contribution in [-0.2, 0) is 0 Å². The zero-order valence-corrected chi connectivity index (χ0v) is 8.96. The molecular weight excluding hydrogens is 212 g/mol. The van der Waals surface area contributed by atoms with Crippen molar-refractivity contribution in [2.24, 2.45) is 0 Å². The average Bonchev–Trinajstić information content (AvgIpc) is 2.66. The number of rotatable bonds is 2. The van der Waals surface area contributed by atoms with Crippen molar-refractivity contribution in [1.82, 2.24) is 15.4 Å². The summed E-state index contributed by atoms with van der Waals surface area (Å²) in [7, 11) is 0. The molecule has 5 heteroatoms. The molecule has 0 unspecified atom stereocenters. The maximum absolute atomic E-state index is 13.5. The lowest BCUT2D eigenvalue weighted by Gasteiger charge is -2.05. The van der Waals surface area contributed by atoms with Gasteiger partial charge in [-0.3, -0.25) is 0 Å². The van der Waals surface area contributed by atoms with Crippen LogP contribution in [0.1, 0.15) is 25.5 Å². The minimum Gasteiger partial charge on any atom is -0.206 e. The molecule has 1 aromatic carbocycles. The quantitative estimate of drug-likeness (QED) is 0.850. The van der Waals surface area contributed by atoms with Crippen LogP contribution >= 0.6 is 0 Å². The van der Waals surface area contributed by atoms with Crippen molar-refractivity contribution in [3.63, 3.8) is 0 Å². The molecule has 0 fully saturated rings. The van der Waals surface area contributed by atoms with Crippen LogP contribution in [0.5, 0.6) is 0 Å². The Morgan fingerprint density at radius 2 is 1.75 bits per heavy atom. The molecule has 0 atom stereocenters. The van der Waals surface area contributed by atoms with Crippen molar-refractivity contribution < 1.29 is 8.78 Å². The number of benzene rings is 1. The Bertz CT molecular complexity index is 485. The molecule has 0 aliphatic heterocycles. The van der Waals surface area contributed by atoms with E-state index in [4.69, 9.17) is 0 Å². The van der Waals surface area contributed by atoms with Crippen molar-refractivity contribution in [3.05, 3.63) is 35.5 Å². The van der Waals surface area contributed by atoms with E-state index in [-0.39, 0.29) is 17.2 Å². The number of nitrogens with one attached hydrogen (secondary N) is 1. The van der Waals surface area contributed by atoms with Crippen LogP contribution in [0.3, 0.4) is 0 Å². The molecule has 0 aliphatic rings. The molecule has 1 heterocycles. The summed E-state index contributed by atoms with van der Waals surface area (Å²) in [5.74, 6) is -1.21. The SMILES string of the molecule is CC(C)c1n[nH]nc1-c1c(F)cccc1F. The van der Waals surface area contributed by atoms with Gasteiger partial charge in [0.1, 0.15) is 17.3 Å². The molecule has 0 saturated heterocycles. The van der Waals surface area contributed by atoms with Gasteiger partial charge >= 0.3 is 0 Å². The largest absolute Gasteiger partial charge is 0.206 e. The molecule has 0 amide bonds. The monoisotopic (exact) mass is 223 g/mol. The Kier molecular flexibility index (Phi) is 2.68. The van der Waals surface area contributed by atoms with Crippen LogP contribution in [0.25, 0.3) is 11.3 Å². The topological polar surface area (TPSA) is 41.6 Å². The van der Waals surface area contributed by atoms with Crippen LogP contribution in [0, 0.1) is 11.6 Å². The summed E-state index contributed by atoms with van der Waals surface area (Å²) >= 11 is 0. The van der Waals surface area contributed by atoms with Gasteiger partial charge in [-0.2, -0.15) is 15.4 Å². The first-order valence-corrected chi connectivity index (χ1v) is 4.96. The number of aromatic nitrogens is 3. The predicted molar refractivity (Wildman–Crippen MR) is 55.8 cm³/mol. The highest BCUT2D eigenvalue weighted by molar-refractivity contribution is 5.63. The predicted octanol–water partition coefficient (Wildman–Crippen LogP) is 2.87. The van der Waals surface area contributed by atoms with E-state index < -0.39 is 11.6 Å². The van der Waals surface area contributed by atoms with Gasteiger partial charge in [-0.15, -0.1) is 0 Å². The molecule has 1 N–H and O–H groups in total. The molecule has 0 spiro atoms. The molecule has 3 nitrogen and oxygen atoms in total. The van der Waals surface area contributed by atoms with E-state index >= 15 is 0 Å². The van der Waals surface area contributed by atoms with Gasteiger partial charge in [-0.1, -0.05) is 19.9 Å². The van der Waals surface area contributed by atoms with Crippen LogP contribution in [0.15, 0.2) is 18.2 Å². The molecule has 1 aromatic heterocycles. The normalized spacial score (nSPS) is 11.1. The lowest BCUT2D eigenvalue weighted by atomic mass is 10.0. The third kappa shape index (κ3) is 1.68. The average molecular weight is 223 g/mol. The first kappa shape index (κ1) is 10.7. The zero-order chi connectivity index (χ0) is 11.7. The van der Waals surface area contributed by atoms with E-state index in [1.54, 1.807) is 0 Å². The van der Waals surface area contributed by atoms with E-state index in [9.17, 15) is 8.78 Å². The maximum atomic E-state index is 13.5.